The van der Waals surface area contributed by atoms with E-state index in [0.29, 0.717) is 38.3 Å². The number of ether oxygens (including phenoxy) is 2. The van der Waals surface area contributed by atoms with Crippen molar-refractivity contribution in [1.82, 2.24) is 4.31 Å². The predicted molar refractivity (Wildman–Crippen MR) is 85.7 cm³/mol. The standard InChI is InChI=1S/C16H23NO5S/c1-3-21-14-7-9-15(10-8-14)23(19,20)17-11-5-6-13(12-17)16(18)22-4-2/h7-10,13H,3-6,11-12H2,1-2H3. The summed E-state index contributed by atoms with van der Waals surface area (Å²) in [6.45, 7) is 5.04. The van der Waals surface area contributed by atoms with E-state index < -0.39 is 10.0 Å². The molecule has 1 aliphatic heterocycles. The Hall–Kier alpha value is -1.60. The van der Waals surface area contributed by atoms with Gasteiger partial charge in [-0.2, -0.15) is 4.31 Å². The Labute approximate surface area is 137 Å². The lowest BCUT2D eigenvalue weighted by atomic mass is 10.0. The number of hydrogen-bond acceptors (Lipinski definition) is 5. The molecule has 6 nitrogen and oxygen atoms in total. The molecule has 1 fully saturated rings. The molecule has 1 aliphatic rings. The summed E-state index contributed by atoms with van der Waals surface area (Å²) in [7, 11) is -3.61. The van der Waals surface area contributed by atoms with E-state index in [2.05, 4.69) is 0 Å². The van der Waals surface area contributed by atoms with Crippen LogP contribution in [0.4, 0.5) is 0 Å². The van der Waals surface area contributed by atoms with Crippen molar-refractivity contribution in [3.05, 3.63) is 24.3 Å². The average molecular weight is 341 g/mol. The molecule has 1 atom stereocenters. The maximum absolute atomic E-state index is 12.7. The number of hydrogen-bond donors (Lipinski definition) is 0. The Morgan fingerprint density at radius 3 is 2.52 bits per heavy atom. The second-order valence-corrected chi connectivity index (χ2v) is 7.30. The number of esters is 1. The van der Waals surface area contributed by atoms with E-state index in [9.17, 15) is 13.2 Å². The number of nitrogens with zero attached hydrogens (tertiary/aromatic N) is 1. The first kappa shape index (κ1) is 17.7. The van der Waals surface area contributed by atoms with Crippen LogP contribution in [0.15, 0.2) is 29.2 Å². The molecule has 0 aromatic heterocycles. The maximum atomic E-state index is 12.7. The Kier molecular flexibility index (Phi) is 6.01. The molecule has 0 bridgehead atoms. The lowest BCUT2D eigenvalue weighted by Crippen LogP contribution is -2.42. The van der Waals surface area contributed by atoms with Gasteiger partial charge in [-0.05, 0) is 51.0 Å². The lowest BCUT2D eigenvalue weighted by Gasteiger charge is -2.30. The van der Waals surface area contributed by atoms with Gasteiger partial charge in [0, 0.05) is 13.1 Å². The molecule has 1 saturated heterocycles. The predicted octanol–water partition coefficient (Wildman–Crippen LogP) is 2.05. The van der Waals surface area contributed by atoms with Crippen LogP contribution in [0.1, 0.15) is 26.7 Å². The van der Waals surface area contributed by atoms with Gasteiger partial charge in [-0.25, -0.2) is 8.42 Å². The molecular formula is C16H23NO5S. The molecule has 1 unspecified atom stereocenters. The van der Waals surface area contributed by atoms with Crippen LogP contribution in [0.5, 0.6) is 5.75 Å². The quantitative estimate of drug-likeness (QED) is 0.741. The van der Waals surface area contributed by atoms with Crippen LogP contribution in [0.3, 0.4) is 0 Å². The summed E-state index contributed by atoms with van der Waals surface area (Å²) in [5.41, 5.74) is 0. The fraction of sp³-hybridized carbons (Fsp3) is 0.562. The van der Waals surface area contributed by atoms with Crippen molar-refractivity contribution in [3.8, 4) is 5.75 Å². The van der Waals surface area contributed by atoms with E-state index in [4.69, 9.17) is 9.47 Å². The average Bonchev–Trinajstić information content (AvgIpc) is 2.56. The summed E-state index contributed by atoms with van der Waals surface area (Å²) < 4.78 is 37.1. The first-order valence-corrected chi connectivity index (χ1v) is 9.32. The minimum Gasteiger partial charge on any atom is -0.494 e. The molecule has 128 valence electrons. The third-order valence-corrected chi connectivity index (χ3v) is 5.66. The van der Waals surface area contributed by atoms with Crippen LogP contribution < -0.4 is 4.74 Å². The number of piperidine rings is 1. The van der Waals surface area contributed by atoms with Crippen molar-refractivity contribution < 1.29 is 22.7 Å². The van der Waals surface area contributed by atoms with Gasteiger partial charge in [0.05, 0.1) is 24.0 Å². The molecule has 1 aromatic rings. The fourth-order valence-corrected chi connectivity index (χ4v) is 4.16. The van der Waals surface area contributed by atoms with Gasteiger partial charge in [0.1, 0.15) is 5.75 Å². The first-order chi connectivity index (χ1) is 11.0. The minimum absolute atomic E-state index is 0.175. The van der Waals surface area contributed by atoms with Crippen molar-refractivity contribution in [3.63, 3.8) is 0 Å². The normalized spacial score (nSPS) is 19.3. The van der Waals surface area contributed by atoms with Gasteiger partial charge in [0.2, 0.25) is 10.0 Å². The van der Waals surface area contributed by atoms with Crippen LogP contribution in [0.2, 0.25) is 0 Å². The van der Waals surface area contributed by atoms with E-state index in [-0.39, 0.29) is 23.3 Å². The molecule has 1 aromatic carbocycles. The summed E-state index contributed by atoms with van der Waals surface area (Å²) in [5, 5.41) is 0. The number of carbonyl (C=O) groups is 1. The lowest BCUT2D eigenvalue weighted by molar-refractivity contribution is -0.149. The summed E-state index contributed by atoms with van der Waals surface area (Å²) in [5.74, 6) is -0.0743. The SMILES string of the molecule is CCOC(=O)C1CCCN(S(=O)(=O)c2ccc(OCC)cc2)C1. The monoisotopic (exact) mass is 341 g/mol. The van der Waals surface area contributed by atoms with Gasteiger partial charge in [-0.15, -0.1) is 0 Å². The zero-order valence-electron chi connectivity index (χ0n) is 13.5. The van der Waals surface area contributed by atoms with Gasteiger partial charge in [0.15, 0.2) is 0 Å². The molecule has 7 heteroatoms. The van der Waals surface area contributed by atoms with Crippen LogP contribution >= 0.6 is 0 Å². The molecule has 0 amide bonds. The van der Waals surface area contributed by atoms with Crippen molar-refractivity contribution in [1.29, 1.82) is 0 Å². The van der Waals surface area contributed by atoms with E-state index >= 15 is 0 Å². The highest BCUT2D eigenvalue weighted by molar-refractivity contribution is 7.89. The number of rotatable bonds is 6. The first-order valence-electron chi connectivity index (χ1n) is 7.88. The summed E-state index contributed by atoms with van der Waals surface area (Å²) in [4.78, 5) is 12.1. The van der Waals surface area contributed by atoms with Crippen LogP contribution in [-0.4, -0.2) is 45.0 Å². The Morgan fingerprint density at radius 1 is 1.22 bits per heavy atom. The van der Waals surface area contributed by atoms with Crippen LogP contribution in [0, 0.1) is 5.92 Å². The number of benzene rings is 1. The molecule has 0 N–H and O–H groups in total. The second-order valence-electron chi connectivity index (χ2n) is 5.36. The van der Waals surface area contributed by atoms with Crippen molar-refractivity contribution in [2.24, 2.45) is 5.92 Å². The molecule has 1 heterocycles. The summed E-state index contributed by atoms with van der Waals surface area (Å²) in [6, 6.07) is 6.36. The Bertz CT molecular complexity index is 626. The molecule has 0 aliphatic carbocycles. The highest BCUT2D eigenvalue weighted by Crippen LogP contribution is 2.25. The third kappa shape index (κ3) is 4.23. The van der Waals surface area contributed by atoms with E-state index in [1.54, 1.807) is 19.1 Å². The number of carbonyl (C=O) groups excluding carboxylic acids is 1. The highest BCUT2D eigenvalue weighted by Gasteiger charge is 2.33. The summed E-state index contributed by atoms with van der Waals surface area (Å²) >= 11 is 0. The summed E-state index contributed by atoms with van der Waals surface area (Å²) in [6.07, 6.45) is 1.31. The van der Waals surface area contributed by atoms with Gasteiger partial charge in [-0.1, -0.05) is 0 Å². The molecule has 0 saturated carbocycles. The van der Waals surface area contributed by atoms with Gasteiger partial charge in [-0.3, -0.25) is 4.79 Å². The topological polar surface area (TPSA) is 72.9 Å². The van der Waals surface area contributed by atoms with Crippen LogP contribution in [0.25, 0.3) is 0 Å². The van der Waals surface area contributed by atoms with Crippen molar-refractivity contribution in [2.75, 3.05) is 26.3 Å². The smallest absolute Gasteiger partial charge is 0.310 e. The molecule has 0 spiro atoms. The Morgan fingerprint density at radius 2 is 1.91 bits per heavy atom. The van der Waals surface area contributed by atoms with E-state index in [0.717, 1.165) is 0 Å². The molecule has 23 heavy (non-hydrogen) atoms. The Balaban J connectivity index is 2.13. The zero-order chi connectivity index (χ0) is 16.9. The maximum Gasteiger partial charge on any atom is 0.310 e. The van der Waals surface area contributed by atoms with Crippen molar-refractivity contribution >= 4 is 16.0 Å². The van der Waals surface area contributed by atoms with E-state index in [1.807, 2.05) is 6.92 Å². The van der Waals surface area contributed by atoms with E-state index in [1.165, 1.54) is 16.4 Å². The van der Waals surface area contributed by atoms with Gasteiger partial charge >= 0.3 is 5.97 Å². The highest BCUT2D eigenvalue weighted by atomic mass is 32.2. The molecule has 2 rings (SSSR count). The fourth-order valence-electron chi connectivity index (χ4n) is 2.64. The van der Waals surface area contributed by atoms with Crippen LogP contribution in [-0.2, 0) is 19.6 Å². The molecule has 0 radical (unpaired) electrons. The van der Waals surface area contributed by atoms with Gasteiger partial charge in [0.25, 0.3) is 0 Å². The largest absolute Gasteiger partial charge is 0.494 e. The minimum atomic E-state index is -3.61. The van der Waals surface area contributed by atoms with Crippen molar-refractivity contribution in [2.45, 2.75) is 31.6 Å². The second kappa shape index (κ2) is 7.79. The third-order valence-electron chi connectivity index (χ3n) is 3.78. The molecular weight excluding hydrogens is 318 g/mol. The van der Waals surface area contributed by atoms with Gasteiger partial charge < -0.3 is 9.47 Å². The zero-order valence-corrected chi connectivity index (χ0v) is 14.3. The number of sulfonamides is 1.